The number of hydrogen-bond donors (Lipinski definition) is 0. The lowest BCUT2D eigenvalue weighted by molar-refractivity contribution is -0.137. The fourth-order valence-corrected chi connectivity index (χ4v) is 3.99. The van der Waals surface area contributed by atoms with E-state index in [1.165, 1.54) is 18.9 Å². The normalized spacial score (nSPS) is 23.7. The molecule has 7 heteroatoms. The van der Waals surface area contributed by atoms with Crippen molar-refractivity contribution in [2.45, 2.75) is 25.1 Å². The molecule has 1 amide bonds. The van der Waals surface area contributed by atoms with E-state index in [1.807, 2.05) is 13.0 Å². The molecular formula is C16H15ClN2O3S. The number of ether oxygens (including phenoxy) is 1. The maximum atomic E-state index is 12.6. The van der Waals surface area contributed by atoms with Crippen LogP contribution in [0.2, 0.25) is 5.02 Å². The number of benzene rings is 1. The van der Waals surface area contributed by atoms with Gasteiger partial charge in [0.15, 0.2) is 5.17 Å². The average Bonchev–Trinajstić information content (AvgIpc) is 2.79. The molecule has 2 aliphatic rings. The molecule has 0 radical (unpaired) electrons. The van der Waals surface area contributed by atoms with Crippen LogP contribution < -0.4 is 0 Å². The summed E-state index contributed by atoms with van der Waals surface area (Å²) in [6, 6.07) is 6.58. The third-order valence-corrected chi connectivity index (χ3v) is 5.12. The summed E-state index contributed by atoms with van der Waals surface area (Å²) in [5, 5.41) is 0.915. The second kappa shape index (κ2) is 6.02. The summed E-state index contributed by atoms with van der Waals surface area (Å²) in [4.78, 5) is 30.9. The molecule has 1 aromatic rings. The van der Waals surface area contributed by atoms with E-state index < -0.39 is 12.0 Å². The number of allylic oxidation sites excluding steroid dienone is 1. The quantitative estimate of drug-likeness (QED) is 0.769. The Morgan fingerprint density at radius 3 is 2.83 bits per heavy atom. The Morgan fingerprint density at radius 1 is 1.43 bits per heavy atom. The van der Waals surface area contributed by atoms with Crippen molar-refractivity contribution in [3.63, 3.8) is 0 Å². The van der Waals surface area contributed by atoms with Crippen LogP contribution in [0.4, 0.5) is 0 Å². The van der Waals surface area contributed by atoms with Gasteiger partial charge in [-0.25, -0.2) is 9.79 Å². The molecule has 2 heterocycles. The first-order valence-electron chi connectivity index (χ1n) is 7.07. The molecule has 23 heavy (non-hydrogen) atoms. The van der Waals surface area contributed by atoms with Gasteiger partial charge in [-0.1, -0.05) is 35.5 Å². The lowest BCUT2D eigenvalue weighted by atomic mass is 9.94. The fourth-order valence-electron chi connectivity index (χ4n) is 2.77. The molecule has 3 rings (SSSR count). The number of amides is 1. The minimum atomic E-state index is -0.571. The van der Waals surface area contributed by atoms with Gasteiger partial charge in [0, 0.05) is 5.02 Å². The standard InChI is InChI=1S/C16H15ClN2O3S/c1-8-12(15(21)22-3)13(10-5-4-6-11(17)7-10)19-14(20)9(2)23-16(19)18-8/h4-7,9,13H,1-3H3. The number of esters is 1. The Kier molecular flexibility index (Phi) is 4.21. The Morgan fingerprint density at radius 2 is 2.17 bits per heavy atom. The Hall–Kier alpha value is -1.79. The topological polar surface area (TPSA) is 59.0 Å². The van der Waals surface area contributed by atoms with E-state index in [4.69, 9.17) is 16.3 Å². The predicted octanol–water partition coefficient (Wildman–Crippen LogP) is 3.16. The maximum Gasteiger partial charge on any atom is 0.338 e. The summed E-state index contributed by atoms with van der Waals surface area (Å²) < 4.78 is 4.91. The molecule has 1 saturated heterocycles. The van der Waals surface area contributed by atoms with Crippen molar-refractivity contribution in [3.05, 3.63) is 46.1 Å². The zero-order valence-corrected chi connectivity index (χ0v) is 14.4. The molecule has 0 bridgehead atoms. The van der Waals surface area contributed by atoms with Crippen molar-refractivity contribution in [3.8, 4) is 0 Å². The van der Waals surface area contributed by atoms with Gasteiger partial charge >= 0.3 is 5.97 Å². The summed E-state index contributed by atoms with van der Waals surface area (Å²) in [5.74, 6) is -0.569. The number of hydrogen-bond acceptors (Lipinski definition) is 5. The Bertz CT molecular complexity index is 759. The second-order valence-corrected chi connectivity index (χ2v) is 7.06. The predicted molar refractivity (Wildman–Crippen MR) is 90.2 cm³/mol. The van der Waals surface area contributed by atoms with E-state index in [-0.39, 0.29) is 11.2 Å². The highest BCUT2D eigenvalue weighted by Gasteiger charge is 2.46. The average molecular weight is 351 g/mol. The lowest BCUT2D eigenvalue weighted by Crippen LogP contribution is -2.40. The monoisotopic (exact) mass is 350 g/mol. The molecular weight excluding hydrogens is 336 g/mol. The number of carbonyl (C=O) groups is 2. The highest BCUT2D eigenvalue weighted by molar-refractivity contribution is 8.15. The molecule has 0 N–H and O–H groups in total. The van der Waals surface area contributed by atoms with Crippen LogP contribution in [-0.2, 0) is 14.3 Å². The molecule has 5 nitrogen and oxygen atoms in total. The molecule has 2 atom stereocenters. The third kappa shape index (κ3) is 2.66. The number of carbonyl (C=O) groups excluding carboxylic acids is 2. The van der Waals surface area contributed by atoms with Gasteiger partial charge in [0.2, 0.25) is 5.91 Å². The summed E-state index contributed by atoms with van der Waals surface area (Å²) in [6.07, 6.45) is 0. The number of methoxy groups -OCH3 is 1. The molecule has 0 aromatic heterocycles. The van der Waals surface area contributed by atoms with Crippen molar-refractivity contribution in [2.75, 3.05) is 7.11 Å². The molecule has 0 spiro atoms. The molecule has 0 aliphatic carbocycles. The van der Waals surface area contributed by atoms with E-state index >= 15 is 0 Å². The second-order valence-electron chi connectivity index (χ2n) is 5.31. The minimum Gasteiger partial charge on any atom is -0.466 e. The Balaban J connectivity index is 2.19. The van der Waals surface area contributed by atoms with Gasteiger partial charge in [-0.05, 0) is 31.5 Å². The zero-order valence-electron chi connectivity index (χ0n) is 12.9. The summed E-state index contributed by atoms with van der Waals surface area (Å²) >= 11 is 7.49. The highest BCUT2D eigenvalue weighted by atomic mass is 35.5. The number of rotatable bonds is 2. The van der Waals surface area contributed by atoms with E-state index in [2.05, 4.69) is 4.99 Å². The van der Waals surface area contributed by atoms with Crippen LogP contribution >= 0.6 is 23.4 Å². The first-order valence-corrected chi connectivity index (χ1v) is 8.32. The number of halogens is 1. The van der Waals surface area contributed by atoms with Crippen molar-refractivity contribution in [1.29, 1.82) is 0 Å². The Labute approximate surface area is 143 Å². The number of thioether (sulfide) groups is 1. The molecule has 120 valence electrons. The van der Waals surface area contributed by atoms with Crippen LogP contribution in [0, 0.1) is 0 Å². The number of aliphatic imine (C=N–C) groups is 1. The van der Waals surface area contributed by atoms with Gasteiger partial charge in [0.05, 0.1) is 29.7 Å². The largest absolute Gasteiger partial charge is 0.466 e. The van der Waals surface area contributed by atoms with Crippen molar-refractivity contribution in [1.82, 2.24) is 4.90 Å². The van der Waals surface area contributed by atoms with Gasteiger partial charge < -0.3 is 4.74 Å². The zero-order chi connectivity index (χ0) is 16.7. The SMILES string of the molecule is COC(=O)C1=C(C)N=C2SC(C)C(=O)N2C1c1cccc(Cl)c1. The smallest absolute Gasteiger partial charge is 0.338 e. The van der Waals surface area contributed by atoms with Crippen molar-refractivity contribution in [2.24, 2.45) is 4.99 Å². The van der Waals surface area contributed by atoms with E-state index in [9.17, 15) is 9.59 Å². The third-order valence-electron chi connectivity index (χ3n) is 3.83. The van der Waals surface area contributed by atoms with Gasteiger partial charge in [0.25, 0.3) is 0 Å². The van der Waals surface area contributed by atoms with Crippen LogP contribution in [-0.4, -0.2) is 34.3 Å². The van der Waals surface area contributed by atoms with Crippen LogP contribution in [0.3, 0.4) is 0 Å². The van der Waals surface area contributed by atoms with Crippen LogP contribution in [0.5, 0.6) is 0 Å². The molecule has 0 saturated carbocycles. The highest BCUT2D eigenvalue weighted by Crippen LogP contribution is 2.43. The lowest BCUT2D eigenvalue weighted by Gasteiger charge is -2.32. The van der Waals surface area contributed by atoms with Crippen LogP contribution in [0.15, 0.2) is 40.5 Å². The van der Waals surface area contributed by atoms with Gasteiger partial charge in [0.1, 0.15) is 0 Å². The van der Waals surface area contributed by atoms with Gasteiger partial charge in [-0.3, -0.25) is 9.69 Å². The molecule has 1 fully saturated rings. The summed E-state index contributed by atoms with van der Waals surface area (Å²) in [6.45, 7) is 3.58. The summed E-state index contributed by atoms with van der Waals surface area (Å²) in [7, 11) is 1.32. The van der Waals surface area contributed by atoms with Gasteiger partial charge in [-0.2, -0.15) is 0 Å². The van der Waals surface area contributed by atoms with Crippen molar-refractivity contribution >= 4 is 40.4 Å². The summed E-state index contributed by atoms with van der Waals surface area (Å²) in [5.41, 5.74) is 1.68. The molecule has 1 aromatic carbocycles. The number of fused-ring (bicyclic) bond motifs is 1. The van der Waals surface area contributed by atoms with E-state index in [0.29, 0.717) is 21.5 Å². The molecule has 2 unspecified atom stereocenters. The van der Waals surface area contributed by atoms with E-state index in [1.54, 1.807) is 30.0 Å². The number of nitrogens with zero attached hydrogens (tertiary/aromatic N) is 2. The maximum absolute atomic E-state index is 12.6. The van der Waals surface area contributed by atoms with Crippen LogP contribution in [0.25, 0.3) is 0 Å². The molecule has 2 aliphatic heterocycles. The number of amidine groups is 1. The minimum absolute atomic E-state index is 0.0763. The first kappa shape index (κ1) is 16.1. The van der Waals surface area contributed by atoms with Crippen molar-refractivity contribution < 1.29 is 14.3 Å². The fraction of sp³-hybridized carbons (Fsp3) is 0.312. The van der Waals surface area contributed by atoms with E-state index in [0.717, 1.165) is 5.56 Å². The first-order chi connectivity index (χ1) is 10.9. The van der Waals surface area contributed by atoms with Crippen LogP contribution in [0.1, 0.15) is 25.5 Å². The van der Waals surface area contributed by atoms with Gasteiger partial charge in [-0.15, -0.1) is 0 Å².